The highest BCUT2D eigenvalue weighted by molar-refractivity contribution is 6.31. The number of hydrogen-bond donors (Lipinski definition) is 2. The van der Waals surface area contributed by atoms with Crippen molar-refractivity contribution in [3.63, 3.8) is 0 Å². The van der Waals surface area contributed by atoms with Crippen LogP contribution in [0.4, 0.5) is 13.2 Å². The Bertz CT molecular complexity index is 1060. The maximum absolute atomic E-state index is 12.9. The lowest BCUT2D eigenvalue weighted by Crippen LogP contribution is -2.31. The van der Waals surface area contributed by atoms with Gasteiger partial charge in [0.1, 0.15) is 0 Å². The Kier molecular flexibility index (Phi) is 8.22. The fourth-order valence-electron chi connectivity index (χ4n) is 3.73. The van der Waals surface area contributed by atoms with Crippen LogP contribution in [0.5, 0.6) is 0 Å². The predicted molar refractivity (Wildman–Crippen MR) is 129 cm³/mol. The molecule has 2 N–H and O–H groups in total. The number of nitrogens with one attached hydrogen (secondary N) is 2. The molecule has 174 valence electrons. The van der Waals surface area contributed by atoms with Crippen molar-refractivity contribution < 1.29 is 13.2 Å². The molecule has 2 nitrogen and oxygen atoms in total. The van der Waals surface area contributed by atoms with Crippen molar-refractivity contribution in [1.29, 1.82) is 0 Å². The molecule has 33 heavy (non-hydrogen) atoms. The van der Waals surface area contributed by atoms with E-state index in [1.54, 1.807) is 12.1 Å². The van der Waals surface area contributed by atoms with E-state index in [9.17, 15) is 13.2 Å². The normalized spacial score (nSPS) is 13.4. The smallest absolute Gasteiger partial charge is 0.390 e. The third kappa shape index (κ3) is 6.62. The van der Waals surface area contributed by atoms with Crippen LogP contribution in [0.1, 0.15) is 46.3 Å². The van der Waals surface area contributed by atoms with Gasteiger partial charge in [-0.05, 0) is 60.2 Å². The van der Waals surface area contributed by atoms with Crippen molar-refractivity contribution in [3.05, 3.63) is 118 Å². The summed E-state index contributed by atoms with van der Waals surface area (Å²) in [6.07, 6.45) is -3.06. The molecule has 3 aromatic rings. The number of alkyl halides is 3. The van der Waals surface area contributed by atoms with E-state index in [1.165, 1.54) is 0 Å². The minimum absolute atomic E-state index is 0.0966. The monoisotopic (exact) mass is 472 g/mol. The number of benzene rings is 3. The van der Waals surface area contributed by atoms with Crippen LogP contribution in [0.25, 0.3) is 0 Å². The van der Waals surface area contributed by atoms with Crippen molar-refractivity contribution >= 4 is 11.6 Å². The molecule has 0 amide bonds. The average molecular weight is 473 g/mol. The molecule has 0 aromatic heterocycles. The number of likely N-dealkylation sites (N-methyl/N-ethyl adjacent to an activating group) is 1. The van der Waals surface area contributed by atoms with Gasteiger partial charge in [-0.2, -0.15) is 13.2 Å². The topological polar surface area (TPSA) is 24.1 Å². The molecule has 0 bridgehead atoms. The van der Waals surface area contributed by atoms with Gasteiger partial charge in [-0.1, -0.05) is 72.8 Å². The Morgan fingerprint density at radius 2 is 1.64 bits per heavy atom. The van der Waals surface area contributed by atoms with E-state index in [0.717, 1.165) is 40.1 Å². The first kappa shape index (κ1) is 24.9. The van der Waals surface area contributed by atoms with Crippen LogP contribution in [-0.2, 0) is 12.6 Å². The number of rotatable bonds is 9. The highest BCUT2D eigenvalue weighted by Crippen LogP contribution is 2.31. The van der Waals surface area contributed by atoms with Crippen LogP contribution in [0.3, 0.4) is 0 Å². The number of halogens is 4. The Balaban J connectivity index is 1.87. The van der Waals surface area contributed by atoms with Crippen molar-refractivity contribution in [2.45, 2.75) is 38.0 Å². The van der Waals surface area contributed by atoms with E-state index in [-0.39, 0.29) is 12.1 Å². The molecule has 0 saturated heterocycles. The second-order valence-electron chi connectivity index (χ2n) is 8.08. The molecule has 0 spiro atoms. The molecule has 0 unspecified atom stereocenters. The summed E-state index contributed by atoms with van der Waals surface area (Å²) in [5.41, 5.74) is 4.09. The van der Waals surface area contributed by atoms with E-state index < -0.39 is 11.7 Å². The zero-order valence-electron chi connectivity index (χ0n) is 18.7. The Hall–Kier alpha value is -2.76. The molecular formula is C27H28ClF3N2. The lowest BCUT2D eigenvalue weighted by molar-refractivity contribution is -0.137. The van der Waals surface area contributed by atoms with E-state index in [0.29, 0.717) is 17.9 Å². The summed E-state index contributed by atoms with van der Waals surface area (Å²) in [6.45, 7) is 6.12. The summed E-state index contributed by atoms with van der Waals surface area (Å²) in [6, 6.07) is 21.1. The van der Waals surface area contributed by atoms with E-state index in [1.807, 2.05) is 62.5 Å². The maximum Gasteiger partial charge on any atom is 0.416 e. The number of hydrogen-bond acceptors (Lipinski definition) is 2. The lowest BCUT2D eigenvalue weighted by Gasteiger charge is -2.28. The van der Waals surface area contributed by atoms with Gasteiger partial charge in [0.2, 0.25) is 0 Å². The molecule has 6 heteroatoms. The molecule has 3 rings (SSSR count). The third-order valence-electron chi connectivity index (χ3n) is 5.77. The van der Waals surface area contributed by atoms with Crippen LogP contribution in [0.15, 0.2) is 85.1 Å². The van der Waals surface area contributed by atoms with Gasteiger partial charge in [0.25, 0.3) is 0 Å². The van der Waals surface area contributed by atoms with Gasteiger partial charge in [-0.3, -0.25) is 5.32 Å². The van der Waals surface area contributed by atoms with Crippen molar-refractivity contribution in [2.24, 2.45) is 0 Å². The Labute approximate surface area is 198 Å². The molecule has 0 aliphatic carbocycles. The zero-order chi connectivity index (χ0) is 24.0. The summed E-state index contributed by atoms with van der Waals surface area (Å²) >= 11 is 6.41. The molecule has 0 aliphatic rings. The predicted octanol–water partition coefficient (Wildman–Crippen LogP) is 7.41. The molecule has 0 radical (unpaired) electrons. The summed E-state index contributed by atoms with van der Waals surface area (Å²) < 4.78 is 38.7. The summed E-state index contributed by atoms with van der Waals surface area (Å²) in [5, 5.41) is 7.51. The number of aryl methyl sites for hydroxylation is 2. The van der Waals surface area contributed by atoms with Crippen molar-refractivity contribution in [2.75, 3.05) is 7.05 Å². The maximum atomic E-state index is 12.9. The summed E-state index contributed by atoms with van der Waals surface area (Å²) in [5.74, 6) is 0. The van der Waals surface area contributed by atoms with Crippen LogP contribution in [0.2, 0.25) is 5.02 Å². The van der Waals surface area contributed by atoms with Gasteiger partial charge in [0.05, 0.1) is 11.6 Å². The molecule has 0 fully saturated rings. The lowest BCUT2D eigenvalue weighted by atomic mass is 9.95. The third-order valence-corrected chi connectivity index (χ3v) is 6.18. The second kappa shape index (κ2) is 10.9. The fourth-order valence-corrected chi connectivity index (χ4v) is 3.92. The van der Waals surface area contributed by atoms with Crippen LogP contribution < -0.4 is 10.6 Å². The molecular weight excluding hydrogens is 445 g/mol. The van der Waals surface area contributed by atoms with E-state index in [4.69, 9.17) is 11.6 Å². The standard InChI is InChI=1S/C27H28ClF3N2/c1-18-9-13-22(17-24(18)28)25(16-12-20-10-14-23(15-11-20)27(29,30)31)33-26(19(2)32-3)21-7-5-4-6-8-21/h4-11,13-15,17,25-26,32-33H,2,12,16H2,1,3H3/t25-,26-/m0/s1. The van der Waals surface area contributed by atoms with Crippen LogP contribution >= 0.6 is 11.6 Å². The average Bonchev–Trinajstić information content (AvgIpc) is 2.81. The highest BCUT2D eigenvalue weighted by Gasteiger charge is 2.30. The van der Waals surface area contributed by atoms with Gasteiger partial charge in [0, 0.05) is 23.8 Å². The molecule has 2 atom stereocenters. The molecule has 3 aromatic carbocycles. The molecule has 0 aliphatic heterocycles. The largest absolute Gasteiger partial charge is 0.416 e. The quantitative estimate of drug-likeness (QED) is 0.339. The SMILES string of the molecule is C=C(NC)[C@H](N[C@@H](CCc1ccc(C(F)(F)F)cc1)c1ccc(C)c(Cl)c1)c1ccccc1. The fraction of sp³-hybridized carbons (Fsp3) is 0.259. The van der Waals surface area contributed by atoms with Crippen LogP contribution in [0, 0.1) is 6.92 Å². The van der Waals surface area contributed by atoms with Gasteiger partial charge < -0.3 is 5.32 Å². The minimum atomic E-state index is -4.34. The Morgan fingerprint density at radius 1 is 0.970 bits per heavy atom. The second-order valence-corrected chi connectivity index (χ2v) is 8.49. The molecule has 0 saturated carbocycles. The van der Waals surface area contributed by atoms with Gasteiger partial charge in [0.15, 0.2) is 0 Å². The highest BCUT2D eigenvalue weighted by atomic mass is 35.5. The first-order valence-electron chi connectivity index (χ1n) is 10.8. The van der Waals surface area contributed by atoms with Gasteiger partial charge >= 0.3 is 6.18 Å². The van der Waals surface area contributed by atoms with Gasteiger partial charge in [-0.15, -0.1) is 0 Å². The summed E-state index contributed by atoms with van der Waals surface area (Å²) in [4.78, 5) is 0. The van der Waals surface area contributed by atoms with Crippen LogP contribution in [-0.4, -0.2) is 7.05 Å². The zero-order valence-corrected chi connectivity index (χ0v) is 19.5. The summed E-state index contributed by atoms with van der Waals surface area (Å²) in [7, 11) is 1.83. The van der Waals surface area contributed by atoms with Crippen molar-refractivity contribution in [1.82, 2.24) is 10.6 Å². The van der Waals surface area contributed by atoms with E-state index >= 15 is 0 Å². The van der Waals surface area contributed by atoms with Gasteiger partial charge in [-0.25, -0.2) is 0 Å². The minimum Gasteiger partial charge on any atom is -0.390 e. The first-order valence-corrected chi connectivity index (χ1v) is 11.2. The Morgan fingerprint density at radius 3 is 2.21 bits per heavy atom. The van der Waals surface area contributed by atoms with Crippen molar-refractivity contribution in [3.8, 4) is 0 Å². The molecule has 0 heterocycles. The first-order chi connectivity index (χ1) is 15.7. The van der Waals surface area contributed by atoms with E-state index in [2.05, 4.69) is 17.2 Å².